The number of aromatic nitrogens is 4. The number of anilines is 1. The third-order valence-corrected chi connectivity index (χ3v) is 5.29. The Morgan fingerprint density at radius 1 is 1.44 bits per heavy atom. The van der Waals surface area contributed by atoms with Crippen molar-refractivity contribution in [3.05, 3.63) is 12.7 Å². The zero-order valence-corrected chi connectivity index (χ0v) is 15.5. The van der Waals surface area contributed by atoms with Crippen LogP contribution in [0.4, 0.5) is 5.82 Å². The zero-order valence-electron chi connectivity index (χ0n) is 13.8. The Morgan fingerprint density at radius 3 is 2.80 bits per heavy atom. The van der Waals surface area contributed by atoms with Crippen molar-refractivity contribution < 1.29 is 23.9 Å². The maximum atomic E-state index is 11.6. The maximum absolute atomic E-state index is 11.6. The highest BCUT2D eigenvalue weighted by Crippen LogP contribution is 2.44. The smallest absolute Gasteiger partial charge is 0.354 e. The molecule has 25 heavy (non-hydrogen) atoms. The van der Waals surface area contributed by atoms with Gasteiger partial charge >= 0.3 is 7.60 Å². The fraction of sp³-hybridized carbons (Fsp3) is 0.538. The number of hydrogen-bond donors (Lipinski definition) is 3. The molecule has 4 N–H and O–H groups in total. The molecule has 0 unspecified atom stereocenters. The van der Waals surface area contributed by atoms with Crippen molar-refractivity contribution in [2.75, 3.05) is 11.5 Å². The molecule has 0 saturated carbocycles. The van der Waals surface area contributed by atoms with Crippen LogP contribution in [0.15, 0.2) is 12.7 Å². The zero-order chi connectivity index (χ0) is 18.6. The van der Waals surface area contributed by atoms with Gasteiger partial charge in [0.1, 0.15) is 11.8 Å². The highest BCUT2D eigenvalue weighted by Gasteiger charge is 2.31. The van der Waals surface area contributed by atoms with Crippen LogP contribution in [-0.2, 0) is 20.6 Å². The van der Waals surface area contributed by atoms with Crippen LogP contribution in [0, 0.1) is 0 Å². The van der Waals surface area contributed by atoms with E-state index in [0.717, 1.165) is 11.8 Å². The molecule has 12 heteroatoms. The van der Waals surface area contributed by atoms with Crippen molar-refractivity contribution in [2.45, 2.75) is 38.8 Å². The summed E-state index contributed by atoms with van der Waals surface area (Å²) >= 11 is 1.00. The van der Waals surface area contributed by atoms with Crippen molar-refractivity contribution in [3.8, 4) is 0 Å². The Balaban J connectivity index is 2.04. The van der Waals surface area contributed by atoms with E-state index >= 15 is 0 Å². The molecule has 0 aliphatic carbocycles. The van der Waals surface area contributed by atoms with E-state index in [2.05, 4.69) is 15.0 Å². The van der Waals surface area contributed by atoms with Gasteiger partial charge in [-0.15, -0.1) is 0 Å². The van der Waals surface area contributed by atoms with E-state index in [1.807, 2.05) is 0 Å². The number of fused-ring (bicyclic) bond motifs is 1. The minimum Gasteiger partial charge on any atom is -0.382 e. The van der Waals surface area contributed by atoms with E-state index in [9.17, 15) is 19.1 Å². The van der Waals surface area contributed by atoms with Crippen molar-refractivity contribution in [2.24, 2.45) is 0 Å². The van der Waals surface area contributed by atoms with E-state index in [0.29, 0.717) is 11.2 Å². The normalized spacial score (nSPS) is 14.6. The van der Waals surface area contributed by atoms with Crippen LogP contribution < -0.4 is 5.73 Å². The molecule has 10 nitrogen and oxygen atoms in total. The number of ether oxygens (including phenoxy) is 1. The fourth-order valence-corrected chi connectivity index (χ4v) is 3.87. The average molecular weight is 389 g/mol. The Morgan fingerprint density at radius 2 is 2.16 bits per heavy atom. The van der Waals surface area contributed by atoms with Gasteiger partial charge in [0, 0.05) is 12.7 Å². The van der Waals surface area contributed by atoms with Crippen LogP contribution >= 0.6 is 19.4 Å². The van der Waals surface area contributed by atoms with Gasteiger partial charge < -0.3 is 24.8 Å². The molecule has 0 saturated heterocycles. The molecular formula is C13H20N5O5PS. The standard InChI is InChI=1S/C13H20N5O5PS/c1-8(23-10(24(20,21)22)3-4-25-9(2)19)5-18-7-17-11-12(14)15-6-16-13(11)18/h6-8,10H,3-5H2,1-2H3,(H2,14,15,16)(H2,20,21,22)/t8-,10-/m1/s1. The fourth-order valence-electron chi connectivity index (χ4n) is 2.24. The van der Waals surface area contributed by atoms with Crippen LogP contribution in [0.5, 0.6) is 0 Å². The first-order valence-electron chi connectivity index (χ1n) is 7.44. The molecule has 2 atom stereocenters. The summed E-state index contributed by atoms with van der Waals surface area (Å²) in [5.41, 5.74) is 6.70. The number of imidazole rings is 1. The number of rotatable bonds is 8. The highest BCUT2D eigenvalue weighted by molar-refractivity contribution is 8.13. The lowest BCUT2D eigenvalue weighted by Crippen LogP contribution is -2.24. The largest absolute Gasteiger partial charge is 0.382 e. The van der Waals surface area contributed by atoms with E-state index in [1.165, 1.54) is 19.6 Å². The van der Waals surface area contributed by atoms with Gasteiger partial charge in [-0.25, -0.2) is 15.0 Å². The summed E-state index contributed by atoms with van der Waals surface area (Å²) in [4.78, 5) is 42.0. The van der Waals surface area contributed by atoms with Crippen molar-refractivity contribution in [3.63, 3.8) is 0 Å². The Labute approximate surface area is 148 Å². The number of nitrogens with zero attached hydrogens (tertiary/aromatic N) is 4. The van der Waals surface area contributed by atoms with Gasteiger partial charge in [-0.2, -0.15) is 0 Å². The maximum Gasteiger partial charge on any atom is 0.354 e. The summed E-state index contributed by atoms with van der Waals surface area (Å²) in [7, 11) is -4.45. The van der Waals surface area contributed by atoms with Gasteiger partial charge in [-0.3, -0.25) is 9.36 Å². The second-order valence-corrected chi connectivity index (χ2v) is 8.47. The first kappa shape index (κ1) is 19.8. The summed E-state index contributed by atoms with van der Waals surface area (Å²) in [5.74, 6) is -0.745. The van der Waals surface area contributed by atoms with E-state index in [4.69, 9.17) is 10.5 Å². The predicted molar refractivity (Wildman–Crippen MR) is 93.9 cm³/mol. The second kappa shape index (κ2) is 8.24. The summed E-state index contributed by atoms with van der Waals surface area (Å²) in [6.07, 6.45) is 2.39. The Kier molecular flexibility index (Phi) is 6.53. The summed E-state index contributed by atoms with van der Waals surface area (Å²) in [6.45, 7) is 3.37. The minimum absolute atomic E-state index is 0.0681. The Bertz CT molecular complexity index is 794. The van der Waals surface area contributed by atoms with Gasteiger partial charge in [-0.05, 0) is 13.3 Å². The first-order valence-corrected chi connectivity index (χ1v) is 10.1. The SMILES string of the molecule is CC(=O)SCC[C@H](O[C@H](C)Cn1cnc2c(N)ncnc21)P(=O)(O)O. The van der Waals surface area contributed by atoms with E-state index in [-0.39, 0.29) is 29.7 Å². The molecule has 0 spiro atoms. The van der Waals surface area contributed by atoms with Gasteiger partial charge in [0.15, 0.2) is 22.4 Å². The monoisotopic (exact) mass is 389 g/mol. The average Bonchev–Trinajstić information content (AvgIpc) is 2.89. The molecule has 0 radical (unpaired) electrons. The van der Waals surface area contributed by atoms with Crippen molar-refractivity contribution >= 4 is 41.5 Å². The van der Waals surface area contributed by atoms with Crippen LogP contribution in [0.3, 0.4) is 0 Å². The molecule has 2 aromatic heterocycles. The quantitative estimate of drug-likeness (QED) is 0.557. The number of carbonyl (C=O) groups excluding carboxylic acids is 1. The van der Waals surface area contributed by atoms with Gasteiger partial charge in [0.05, 0.1) is 19.0 Å². The lowest BCUT2D eigenvalue weighted by molar-refractivity contribution is -0.109. The van der Waals surface area contributed by atoms with Crippen molar-refractivity contribution in [1.82, 2.24) is 19.5 Å². The topological polar surface area (TPSA) is 153 Å². The van der Waals surface area contributed by atoms with Crippen LogP contribution in [0.2, 0.25) is 0 Å². The second-order valence-electron chi connectivity index (χ2n) is 5.45. The minimum atomic E-state index is -4.45. The van der Waals surface area contributed by atoms with Crippen LogP contribution in [-0.4, -0.2) is 52.1 Å². The summed E-state index contributed by atoms with van der Waals surface area (Å²) < 4.78 is 18.8. The summed E-state index contributed by atoms with van der Waals surface area (Å²) in [5, 5.41) is -0.111. The van der Waals surface area contributed by atoms with E-state index in [1.54, 1.807) is 11.5 Å². The number of hydrogen-bond acceptors (Lipinski definition) is 8. The predicted octanol–water partition coefficient (Wildman–Crippen LogP) is 0.987. The molecule has 0 amide bonds. The molecule has 0 bridgehead atoms. The van der Waals surface area contributed by atoms with Gasteiger partial charge in [-0.1, -0.05) is 11.8 Å². The molecule has 0 aliphatic heterocycles. The molecule has 2 aromatic rings. The number of carbonyl (C=O) groups is 1. The van der Waals surface area contributed by atoms with Gasteiger partial charge in [0.25, 0.3) is 0 Å². The first-order chi connectivity index (χ1) is 11.7. The highest BCUT2D eigenvalue weighted by atomic mass is 32.2. The van der Waals surface area contributed by atoms with Crippen LogP contribution in [0.1, 0.15) is 20.3 Å². The third kappa shape index (κ3) is 5.48. The van der Waals surface area contributed by atoms with Crippen LogP contribution in [0.25, 0.3) is 11.2 Å². The molecule has 2 heterocycles. The Hall–Kier alpha value is -1.52. The summed E-state index contributed by atoms with van der Waals surface area (Å²) in [6, 6.07) is 0. The van der Waals surface area contributed by atoms with Gasteiger partial charge in [0.2, 0.25) is 0 Å². The van der Waals surface area contributed by atoms with Crippen molar-refractivity contribution in [1.29, 1.82) is 0 Å². The molecule has 0 aliphatic rings. The molecule has 0 aromatic carbocycles. The molecule has 2 rings (SSSR count). The molecule has 0 fully saturated rings. The van der Waals surface area contributed by atoms with E-state index < -0.39 is 19.5 Å². The lowest BCUT2D eigenvalue weighted by atomic mass is 10.4. The number of nitrogens with two attached hydrogens (primary N) is 1. The molecular weight excluding hydrogens is 369 g/mol. The number of thioether (sulfide) groups is 1. The lowest BCUT2D eigenvalue weighted by Gasteiger charge is -2.23. The molecule has 138 valence electrons. The third-order valence-electron chi connectivity index (χ3n) is 3.32. The number of nitrogen functional groups attached to an aromatic ring is 1.